The molecule has 96 valence electrons. The second-order valence-electron chi connectivity index (χ2n) is 4.00. The highest BCUT2D eigenvalue weighted by Gasteiger charge is 2.06. The van der Waals surface area contributed by atoms with Gasteiger partial charge in [0.05, 0.1) is 0 Å². The van der Waals surface area contributed by atoms with Gasteiger partial charge in [0.1, 0.15) is 0 Å². The molecule has 0 aliphatic carbocycles. The third-order valence-electron chi connectivity index (χ3n) is 2.58. The molecule has 0 saturated heterocycles. The molecule has 1 nitrogen and oxygen atoms in total. The predicted molar refractivity (Wildman–Crippen MR) is 85.6 cm³/mol. The summed E-state index contributed by atoms with van der Waals surface area (Å²) in [6.45, 7) is 3.24. The Morgan fingerprint density at radius 3 is 2.78 bits per heavy atom. The standard InChI is InChI=1S/C14H16BrNS2/c1-11(14-9-12(15)10-18-14)16-7-8-17-13-5-3-2-4-6-13/h2-6,9-11,16H,7-8H2,1H3. The summed E-state index contributed by atoms with van der Waals surface area (Å²) in [6.07, 6.45) is 0. The summed E-state index contributed by atoms with van der Waals surface area (Å²) in [5.41, 5.74) is 0. The average molecular weight is 342 g/mol. The Balaban J connectivity index is 1.69. The van der Waals surface area contributed by atoms with Crippen LogP contribution < -0.4 is 5.32 Å². The highest BCUT2D eigenvalue weighted by Crippen LogP contribution is 2.25. The van der Waals surface area contributed by atoms with Crippen LogP contribution in [0.5, 0.6) is 0 Å². The van der Waals surface area contributed by atoms with E-state index < -0.39 is 0 Å². The number of halogens is 1. The van der Waals surface area contributed by atoms with E-state index in [9.17, 15) is 0 Å². The number of thiophene rings is 1. The number of hydrogen-bond donors (Lipinski definition) is 1. The molecule has 2 aromatic rings. The lowest BCUT2D eigenvalue weighted by molar-refractivity contribution is 0.610. The first-order valence-electron chi connectivity index (χ1n) is 5.91. The van der Waals surface area contributed by atoms with Crippen LogP contribution in [0.1, 0.15) is 17.8 Å². The molecule has 4 heteroatoms. The first-order valence-corrected chi connectivity index (χ1v) is 8.56. The maximum absolute atomic E-state index is 3.55. The summed E-state index contributed by atoms with van der Waals surface area (Å²) in [4.78, 5) is 2.72. The van der Waals surface area contributed by atoms with E-state index in [1.807, 2.05) is 11.8 Å². The zero-order valence-corrected chi connectivity index (χ0v) is 13.4. The molecule has 0 aliphatic heterocycles. The summed E-state index contributed by atoms with van der Waals surface area (Å²) >= 11 is 7.18. The van der Waals surface area contributed by atoms with Crippen LogP contribution in [-0.2, 0) is 0 Å². The molecule has 1 N–H and O–H groups in total. The van der Waals surface area contributed by atoms with E-state index in [2.05, 4.69) is 69.9 Å². The van der Waals surface area contributed by atoms with E-state index in [0.29, 0.717) is 6.04 Å². The lowest BCUT2D eigenvalue weighted by atomic mass is 10.3. The van der Waals surface area contributed by atoms with Gasteiger partial charge in [0, 0.05) is 38.0 Å². The first kappa shape index (κ1) is 14.1. The predicted octanol–water partition coefficient (Wildman–Crippen LogP) is 4.95. The van der Waals surface area contributed by atoms with Gasteiger partial charge < -0.3 is 5.32 Å². The minimum absolute atomic E-state index is 0.428. The van der Waals surface area contributed by atoms with Crippen LogP contribution in [0, 0.1) is 0 Å². The van der Waals surface area contributed by atoms with Gasteiger partial charge in [-0.15, -0.1) is 23.1 Å². The summed E-state index contributed by atoms with van der Waals surface area (Å²) < 4.78 is 1.18. The van der Waals surface area contributed by atoms with E-state index >= 15 is 0 Å². The highest BCUT2D eigenvalue weighted by atomic mass is 79.9. The third-order valence-corrected chi connectivity index (χ3v) is 5.47. The SMILES string of the molecule is CC(NCCSc1ccccc1)c1cc(Br)cs1. The maximum atomic E-state index is 3.55. The van der Waals surface area contributed by atoms with Gasteiger partial charge in [-0.25, -0.2) is 0 Å². The van der Waals surface area contributed by atoms with Gasteiger partial charge in [-0.2, -0.15) is 0 Å². The van der Waals surface area contributed by atoms with E-state index in [0.717, 1.165) is 12.3 Å². The molecular weight excluding hydrogens is 326 g/mol. The lowest BCUT2D eigenvalue weighted by Gasteiger charge is -2.11. The van der Waals surface area contributed by atoms with Gasteiger partial charge in [-0.3, -0.25) is 0 Å². The molecule has 0 saturated carbocycles. The fourth-order valence-corrected chi connectivity index (χ4v) is 3.90. The molecule has 0 fully saturated rings. The van der Waals surface area contributed by atoms with Crippen molar-refractivity contribution < 1.29 is 0 Å². The topological polar surface area (TPSA) is 12.0 Å². The van der Waals surface area contributed by atoms with Crippen LogP contribution in [0.3, 0.4) is 0 Å². The molecular formula is C14H16BrNS2. The van der Waals surface area contributed by atoms with Crippen molar-refractivity contribution in [3.05, 3.63) is 51.1 Å². The minimum atomic E-state index is 0.428. The maximum Gasteiger partial charge on any atom is 0.0386 e. The molecule has 18 heavy (non-hydrogen) atoms. The van der Waals surface area contributed by atoms with Crippen LogP contribution in [0.4, 0.5) is 0 Å². The van der Waals surface area contributed by atoms with Crippen molar-refractivity contribution in [3.8, 4) is 0 Å². The van der Waals surface area contributed by atoms with Crippen LogP contribution in [-0.4, -0.2) is 12.3 Å². The highest BCUT2D eigenvalue weighted by molar-refractivity contribution is 9.10. The van der Waals surface area contributed by atoms with Crippen molar-refractivity contribution in [2.24, 2.45) is 0 Å². The number of rotatable bonds is 6. The van der Waals surface area contributed by atoms with Gasteiger partial charge in [0.2, 0.25) is 0 Å². The Hall–Kier alpha value is -0.290. The smallest absolute Gasteiger partial charge is 0.0386 e. The normalized spacial score (nSPS) is 12.6. The number of benzene rings is 1. The summed E-state index contributed by atoms with van der Waals surface area (Å²) in [6, 6.07) is 13.2. The second kappa shape index (κ2) is 7.34. The Kier molecular flexibility index (Phi) is 5.76. The molecule has 1 atom stereocenters. The lowest BCUT2D eigenvalue weighted by Crippen LogP contribution is -2.20. The molecule has 0 spiro atoms. The zero-order chi connectivity index (χ0) is 12.8. The molecule has 1 unspecified atom stereocenters. The molecule has 2 rings (SSSR count). The number of thioether (sulfide) groups is 1. The third kappa shape index (κ3) is 4.43. The quantitative estimate of drug-likeness (QED) is 0.589. The Bertz CT molecular complexity index is 470. The fourth-order valence-electron chi connectivity index (χ4n) is 1.62. The molecule has 1 heterocycles. The summed E-state index contributed by atoms with van der Waals surface area (Å²) in [5, 5.41) is 5.68. The van der Waals surface area contributed by atoms with Crippen molar-refractivity contribution in [1.29, 1.82) is 0 Å². The van der Waals surface area contributed by atoms with Gasteiger partial charge in [0.15, 0.2) is 0 Å². The van der Waals surface area contributed by atoms with Crippen LogP contribution in [0.15, 0.2) is 51.1 Å². The van der Waals surface area contributed by atoms with E-state index in [-0.39, 0.29) is 0 Å². The van der Waals surface area contributed by atoms with Crippen LogP contribution >= 0.6 is 39.0 Å². The van der Waals surface area contributed by atoms with Crippen molar-refractivity contribution in [1.82, 2.24) is 5.32 Å². The monoisotopic (exact) mass is 341 g/mol. The van der Waals surface area contributed by atoms with E-state index in [4.69, 9.17) is 0 Å². The minimum Gasteiger partial charge on any atom is -0.309 e. The van der Waals surface area contributed by atoms with E-state index in [1.54, 1.807) is 11.3 Å². The number of hydrogen-bond acceptors (Lipinski definition) is 3. The summed E-state index contributed by atoms with van der Waals surface area (Å²) in [7, 11) is 0. The second-order valence-corrected chi connectivity index (χ2v) is 7.03. The van der Waals surface area contributed by atoms with Gasteiger partial charge in [0.25, 0.3) is 0 Å². The van der Waals surface area contributed by atoms with Crippen molar-refractivity contribution >= 4 is 39.0 Å². The van der Waals surface area contributed by atoms with Crippen molar-refractivity contribution in [2.75, 3.05) is 12.3 Å². The number of nitrogens with one attached hydrogen (secondary N) is 1. The molecule has 0 bridgehead atoms. The first-order chi connectivity index (χ1) is 8.75. The van der Waals surface area contributed by atoms with Crippen molar-refractivity contribution in [3.63, 3.8) is 0 Å². The Labute approximate surface area is 125 Å². The average Bonchev–Trinajstić information content (AvgIpc) is 2.82. The van der Waals surface area contributed by atoms with Gasteiger partial charge >= 0.3 is 0 Å². The Morgan fingerprint density at radius 1 is 1.33 bits per heavy atom. The Morgan fingerprint density at radius 2 is 2.11 bits per heavy atom. The summed E-state index contributed by atoms with van der Waals surface area (Å²) in [5.74, 6) is 1.10. The van der Waals surface area contributed by atoms with Crippen molar-refractivity contribution in [2.45, 2.75) is 17.9 Å². The largest absolute Gasteiger partial charge is 0.309 e. The molecule has 0 aliphatic rings. The zero-order valence-electron chi connectivity index (χ0n) is 10.2. The van der Waals surface area contributed by atoms with Gasteiger partial charge in [-0.05, 0) is 41.1 Å². The molecule has 0 amide bonds. The fraction of sp³-hybridized carbons (Fsp3) is 0.286. The van der Waals surface area contributed by atoms with Crippen LogP contribution in [0.2, 0.25) is 0 Å². The molecule has 0 radical (unpaired) electrons. The van der Waals surface area contributed by atoms with Gasteiger partial charge in [-0.1, -0.05) is 18.2 Å². The molecule has 1 aromatic carbocycles. The molecule has 1 aromatic heterocycles. The van der Waals surface area contributed by atoms with E-state index in [1.165, 1.54) is 14.2 Å². The van der Waals surface area contributed by atoms with Crippen LogP contribution in [0.25, 0.3) is 0 Å².